The summed E-state index contributed by atoms with van der Waals surface area (Å²) in [5.74, 6) is 0.389. The van der Waals surface area contributed by atoms with Gasteiger partial charge in [0, 0.05) is 6.04 Å². The molecular weight excluding hydrogens is 223 g/mol. The van der Waals surface area contributed by atoms with Gasteiger partial charge in [-0.05, 0) is 12.1 Å². The van der Waals surface area contributed by atoms with E-state index >= 15 is 0 Å². The Morgan fingerprint density at radius 2 is 2.18 bits per heavy atom. The van der Waals surface area contributed by atoms with Crippen LogP contribution in [0.4, 0.5) is 4.39 Å². The summed E-state index contributed by atoms with van der Waals surface area (Å²) in [6, 6.07) is 3.15. The molecular formula is C11H13FN4O. The predicted molar refractivity (Wildman–Crippen MR) is 59.5 cm³/mol. The summed E-state index contributed by atoms with van der Waals surface area (Å²) in [5.41, 5.74) is 0.467. The van der Waals surface area contributed by atoms with Crippen molar-refractivity contribution in [2.45, 2.75) is 26.4 Å². The van der Waals surface area contributed by atoms with Gasteiger partial charge in [0.05, 0.1) is 12.7 Å². The molecule has 0 atom stereocenters. The molecule has 0 unspecified atom stereocenters. The lowest BCUT2D eigenvalue weighted by Crippen LogP contribution is -2.21. The second-order valence-corrected chi connectivity index (χ2v) is 3.90. The Morgan fingerprint density at radius 1 is 1.35 bits per heavy atom. The van der Waals surface area contributed by atoms with Crippen molar-refractivity contribution in [3.05, 3.63) is 30.0 Å². The molecule has 1 N–H and O–H groups in total. The van der Waals surface area contributed by atoms with Crippen LogP contribution in [0.3, 0.4) is 0 Å². The molecule has 90 valence electrons. The molecule has 2 aromatic rings. The number of halogens is 1. The lowest BCUT2D eigenvalue weighted by molar-refractivity contribution is 0.458. The molecule has 17 heavy (non-hydrogen) atoms. The maximum atomic E-state index is 12.7. The molecule has 2 rings (SSSR count). The largest absolute Gasteiger partial charge is 0.418 e. The Morgan fingerprint density at radius 3 is 2.82 bits per heavy atom. The highest BCUT2D eigenvalue weighted by Crippen LogP contribution is 2.14. The van der Waals surface area contributed by atoms with E-state index in [1.165, 1.54) is 12.1 Å². The van der Waals surface area contributed by atoms with Crippen molar-refractivity contribution in [2.75, 3.05) is 0 Å². The van der Waals surface area contributed by atoms with Crippen LogP contribution in [0, 0.1) is 5.82 Å². The summed E-state index contributed by atoms with van der Waals surface area (Å²) in [6.07, 6.45) is 1.12. The highest BCUT2D eigenvalue weighted by molar-refractivity contribution is 5.45. The molecule has 5 nitrogen and oxygen atoms in total. The summed E-state index contributed by atoms with van der Waals surface area (Å²) in [7, 11) is 0. The highest BCUT2D eigenvalue weighted by atomic mass is 19.1. The summed E-state index contributed by atoms with van der Waals surface area (Å²) in [5, 5.41) is 10.9. The van der Waals surface area contributed by atoms with Gasteiger partial charge in [-0.2, -0.15) is 0 Å². The van der Waals surface area contributed by atoms with Gasteiger partial charge >= 0.3 is 0 Å². The summed E-state index contributed by atoms with van der Waals surface area (Å²) in [4.78, 5) is 3.87. The number of hydrogen-bond donors (Lipinski definition) is 1. The van der Waals surface area contributed by atoms with E-state index in [0.29, 0.717) is 30.1 Å². The van der Waals surface area contributed by atoms with Gasteiger partial charge < -0.3 is 9.73 Å². The van der Waals surface area contributed by atoms with Crippen LogP contribution in [0.25, 0.3) is 11.6 Å². The lowest BCUT2D eigenvalue weighted by Gasteiger charge is -2.03. The van der Waals surface area contributed by atoms with Crippen LogP contribution in [0.15, 0.2) is 22.7 Å². The highest BCUT2D eigenvalue weighted by Gasteiger charge is 2.09. The van der Waals surface area contributed by atoms with Crippen molar-refractivity contribution >= 4 is 0 Å². The second-order valence-electron chi connectivity index (χ2n) is 3.90. The van der Waals surface area contributed by atoms with E-state index in [2.05, 4.69) is 20.5 Å². The van der Waals surface area contributed by atoms with Gasteiger partial charge in [-0.25, -0.2) is 9.37 Å². The van der Waals surface area contributed by atoms with Gasteiger partial charge in [-0.3, -0.25) is 0 Å². The van der Waals surface area contributed by atoms with E-state index in [0.717, 1.165) is 6.20 Å². The van der Waals surface area contributed by atoms with Gasteiger partial charge in [0.1, 0.15) is 11.5 Å². The summed E-state index contributed by atoms with van der Waals surface area (Å²) >= 11 is 0. The van der Waals surface area contributed by atoms with Crippen molar-refractivity contribution in [1.82, 2.24) is 20.5 Å². The first kappa shape index (κ1) is 11.7. The van der Waals surface area contributed by atoms with Gasteiger partial charge in [0.2, 0.25) is 5.89 Å². The number of hydrogen-bond acceptors (Lipinski definition) is 5. The predicted octanol–water partition coefficient (Wildman–Crippen LogP) is 1.77. The minimum absolute atomic E-state index is 0.297. The van der Waals surface area contributed by atoms with E-state index in [4.69, 9.17) is 4.42 Å². The maximum Gasteiger partial charge on any atom is 0.266 e. The molecule has 0 amide bonds. The maximum absolute atomic E-state index is 12.7. The summed E-state index contributed by atoms with van der Waals surface area (Å²) in [6.45, 7) is 4.56. The first-order valence-corrected chi connectivity index (χ1v) is 5.33. The minimum Gasteiger partial charge on any atom is -0.418 e. The lowest BCUT2D eigenvalue weighted by atomic mass is 10.3. The van der Waals surface area contributed by atoms with E-state index < -0.39 is 5.82 Å². The number of pyridine rings is 1. The van der Waals surface area contributed by atoms with Gasteiger partial charge in [0.25, 0.3) is 5.89 Å². The van der Waals surface area contributed by atoms with Crippen molar-refractivity contribution in [3.63, 3.8) is 0 Å². The average Bonchev–Trinajstić information content (AvgIpc) is 2.76. The number of nitrogens with zero attached hydrogens (tertiary/aromatic N) is 3. The molecule has 0 spiro atoms. The summed E-state index contributed by atoms with van der Waals surface area (Å²) < 4.78 is 18.1. The van der Waals surface area contributed by atoms with E-state index in [1.54, 1.807) is 0 Å². The SMILES string of the molecule is CC(C)NCc1nnc(-c2ccc(F)cn2)o1. The minimum atomic E-state index is -0.394. The van der Waals surface area contributed by atoms with Crippen LogP contribution < -0.4 is 5.32 Å². The second kappa shape index (κ2) is 5.01. The van der Waals surface area contributed by atoms with Crippen molar-refractivity contribution in [2.24, 2.45) is 0 Å². The van der Waals surface area contributed by atoms with Crippen LogP contribution >= 0.6 is 0 Å². The Kier molecular flexibility index (Phi) is 3.43. The van der Waals surface area contributed by atoms with Crippen LogP contribution in [-0.4, -0.2) is 21.2 Å². The molecule has 2 heterocycles. The van der Waals surface area contributed by atoms with Gasteiger partial charge in [0.15, 0.2) is 0 Å². The van der Waals surface area contributed by atoms with Gasteiger partial charge in [-0.1, -0.05) is 13.8 Å². The molecule has 2 aromatic heterocycles. The molecule has 0 aliphatic rings. The van der Waals surface area contributed by atoms with Crippen LogP contribution in [0.1, 0.15) is 19.7 Å². The monoisotopic (exact) mass is 236 g/mol. The third-order valence-corrected chi connectivity index (χ3v) is 2.07. The topological polar surface area (TPSA) is 63.8 Å². The van der Waals surface area contributed by atoms with E-state index in [1.807, 2.05) is 13.8 Å². The number of aromatic nitrogens is 3. The standard InChI is InChI=1S/C11H13FN4O/c1-7(2)13-6-10-15-16-11(17-10)9-4-3-8(12)5-14-9/h3-5,7,13H,6H2,1-2H3. The van der Waals surface area contributed by atoms with E-state index in [9.17, 15) is 4.39 Å². The third-order valence-electron chi connectivity index (χ3n) is 2.07. The molecule has 0 saturated carbocycles. The van der Waals surface area contributed by atoms with Crippen molar-refractivity contribution in [3.8, 4) is 11.6 Å². The molecule has 0 saturated heterocycles. The zero-order valence-electron chi connectivity index (χ0n) is 9.64. The number of rotatable bonds is 4. The van der Waals surface area contributed by atoms with Crippen LogP contribution in [0.2, 0.25) is 0 Å². The first-order chi connectivity index (χ1) is 8.15. The fourth-order valence-corrected chi connectivity index (χ4v) is 1.22. The number of nitrogens with one attached hydrogen (secondary N) is 1. The smallest absolute Gasteiger partial charge is 0.266 e. The zero-order valence-corrected chi connectivity index (χ0v) is 9.64. The van der Waals surface area contributed by atoms with Crippen LogP contribution in [0.5, 0.6) is 0 Å². The molecule has 6 heteroatoms. The quantitative estimate of drug-likeness (QED) is 0.876. The van der Waals surface area contributed by atoms with Crippen LogP contribution in [-0.2, 0) is 6.54 Å². The molecule has 0 aliphatic heterocycles. The Labute approximate surface area is 98.1 Å². The Hall–Kier alpha value is -1.82. The molecule has 0 bridgehead atoms. The average molecular weight is 236 g/mol. The first-order valence-electron chi connectivity index (χ1n) is 5.33. The fourth-order valence-electron chi connectivity index (χ4n) is 1.22. The molecule has 0 fully saturated rings. The van der Waals surface area contributed by atoms with Crippen molar-refractivity contribution < 1.29 is 8.81 Å². The fraction of sp³-hybridized carbons (Fsp3) is 0.364. The Balaban J connectivity index is 2.10. The van der Waals surface area contributed by atoms with E-state index in [-0.39, 0.29) is 0 Å². The third kappa shape index (κ3) is 3.07. The molecule has 0 radical (unpaired) electrons. The molecule has 0 aromatic carbocycles. The Bertz CT molecular complexity index is 480. The van der Waals surface area contributed by atoms with Gasteiger partial charge in [-0.15, -0.1) is 10.2 Å². The molecule has 0 aliphatic carbocycles. The van der Waals surface area contributed by atoms with Crippen molar-refractivity contribution in [1.29, 1.82) is 0 Å². The normalized spacial score (nSPS) is 11.1. The zero-order chi connectivity index (χ0) is 12.3.